The smallest absolute Gasteiger partial charge is 0.340 e. The van der Waals surface area contributed by atoms with Gasteiger partial charge < -0.3 is 19.7 Å². The number of aromatic nitrogens is 3. The zero-order valence-corrected chi connectivity index (χ0v) is 17.1. The minimum Gasteiger partial charge on any atom is -0.508 e. The Hall–Kier alpha value is -5.06. The summed E-state index contributed by atoms with van der Waals surface area (Å²) in [6.07, 6.45) is 0. The molecule has 5 N–H and O–H groups in total. The number of phenols is 2. The van der Waals surface area contributed by atoms with Gasteiger partial charge in [0, 0.05) is 28.8 Å². The van der Waals surface area contributed by atoms with E-state index in [2.05, 4.69) is 0 Å². The Morgan fingerprint density at radius 3 is 1.68 bits per heavy atom. The predicted octanol–water partition coefficient (Wildman–Crippen LogP) is 1.42. The number of ether oxygens (including phenoxy) is 2. The number of fused-ring (bicyclic) bond motifs is 6. The quantitative estimate of drug-likeness (QED) is 0.244. The van der Waals surface area contributed by atoms with Gasteiger partial charge in [0.15, 0.2) is 5.60 Å². The van der Waals surface area contributed by atoms with Crippen LogP contribution in [-0.4, -0.2) is 31.1 Å². The molecule has 2 aliphatic rings. The summed E-state index contributed by atoms with van der Waals surface area (Å²) in [6.45, 7) is 0. The topological polar surface area (TPSA) is 175 Å². The van der Waals surface area contributed by atoms with Crippen LogP contribution in [0.25, 0.3) is 0 Å². The van der Waals surface area contributed by atoms with Crippen LogP contribution in [0.1, 0.15) is 27.0 Å². The molecular formula is C23H15N3O8. The number of carbonyl (C=O) groups excluding carboxylic acids is 1. The maximum Gasteiger partial charge on any atom is 0.340 e. The second-order valence-corrected chi connectivity index (χ2v) is 7.44. The van der Waals surface area contributed by atoms with E-state index < -0.39 is 28.6 Å². The van der Waals surface area contributed by atoms with Crippen LogP contribution in [0.15, 0.2) is 75.0 Å². The highest BCUT2D eigenvalue weighted by Gasteiger charge is 2.53. The van der Waals surface area contributed by atoms with E-state index in [0.29, 0.717) is 33.8 Å². The van der Waals surface area contributed by atoms with Crippen molar-refractivity contribution in [3.8, 4) is 23.0 Å². The van der Waals surface area contributed by atoms with Crippen molar-refractivity contribution < 1.29 is 24.5 Å². The number of phenolic OH excluding ortho intramolecular Hbond substituents is 2. The average molecular weight is 461 g/mol. The molecule has 6 rings (SSSR count). The summed E-state index contributed by atoms with van der Waals surface area (Å²) in [5, 5.41) is 19.7. The molecule has 1 aromatic heterocycles. The summed E-state index contributed by atoms with van der Waals surface area (Å²) in [5.41, 5.74) is -1.12. The molecule has 1 spiro atoms. The van der Waals surface area contributed by atoms with Crippen LogP contribution >= 0.6 is 0 Å². The molecular weight excluding hydrogens is 446 g/mol. The van der Waals surface area contributed by atoms with Crippen molar-refractivity contribution in [1.29, 1.82) is 0 Å². The summed E-state index contributed by atoms with van der Waals surface area (Å²) in [6, 6.07) is 16.6. The van der Waals surface area contributed by atoms with Crippen molar-refractivity contribution in [2.45, 2.75) is 5.60 Å². The standard InChI is InChI=1S/C20H12O5.C3H3N3O3/c21-11-5-7-15-17(9-11)24-18-10-12(22)6-8-16(18)20(15)14-4-2-1-3-13(14)19(23)25-20;7-1-4-2(8)6-3(9)5-1/h1-10,21-22H;(H3,4,5,6,7,8,9). The highest BCUT2D eigenvalue weighted by Crippen LogP contribution is 2.56. The van der Waals surface area contributed by atoms with Gasteiger partial charge in [-0.1, -0.05) is 18.2 Å². The third-order valence-corrected chi connectivity index (χ3v) is 5.36. The number of carbonyl (C=O) groups is 1. The molecule has 0 radical (unpaired) electrons. The Kier molecular flexibility index (Phi) is 4.60. The first kappa shape index (κ1) is 20.8. The first-order valence-electron chi connectivity index (χ1n) is 9.88. The lowest BCUT2D eigenvalue weighted by atomic mass is 9.77. The SMILES string of the molecule is O=C1OC2(c3ccc(O)cc3Oc3cc(O)ccc32)c2ccccc21.O=c1[nH]c(=O)[nH]c(=O)[nH]1. The Morgan fingerprint density at radius 2 is 1.15 bits per heavy atom. The number of hydrogen-bond acceptors (Lipinski definition) is 8. The Morgan fingerprint density at radius 1 is 0.647 bits per heavy atom. The zero-order valence-electron chi connectivity index (χ0n) is 17.1. The zero-order chi connectivity index (χ0) is 24.0. The van der Waals surface area contributed by atoms with Crippen molar-refractivity contribution in [2.24, 2.45) is 0 Å². The number of aromatic amines is 3. The van der Waals surface area contributed by atoms with Crippen LogP contribution in [-0.2, 0) is 10.3 Å². The van der Waals surface area contributed by atoms with Gasteiger partial charge in [-0.05, 0) is 30.3 Å². The van der Waals surface area contributed by atoms with Gasteiger partial charge in [-0.15, -0.1) is 0 Å². The molecule has 4 aromatic rings. The van der Waals surface area contributed by atoms with Crippen LogP contribution in [0.3, 0.4) is 0 Å². The summed E-state index contributed by atoms with van der Waals surface area (Å²) in [4.78, 5) is 48.4. The summed E-state index contributed by atoms with van der Waals surface area (Å²) < 4.78 is 11.8. The molecule has 170 valence electrons. The van der Waals surface area contributed by atoms with Crippen molar-refractivity contribution >= 4 is 5.97 Å². The van der Waals surface area contributed by atoms with E-state index in [1.54, 1.807) is 39.2 Å². The number of H-pyrrole nitrogens is 3. The largest absolute Gasteiger partial charge is 0.508 e. The van der Waals surface area contributed by atoms with Crippen LogP contribution in [0.2, 0.25) is 0 Å². The van der Waals surface area contributed by atoms with Crippen LogP contribution in [0.5, 0.6) is 23.0 Å². The fourth-order valence-electron chi connectivity index (χ4n) is 4.06. The molecule has 0 unspecified atom stereocenters. The normalized spacial score (nSPS) is 14.1. The fourth-order valence-corrected chi connectivity index (χ4v) is 4.06. The van der Waals surface area contributed by atoms with Gasteiger partial charge in [0.25, 0.3) is 0 Å². The van der Waals surface area contributed by atoms with Gasteiger partial charge >= 0.3 is 23.0 Å². The molecule has 0 saturated heterocycles. The van der Waals surface area contributed by atoms with Crippen LogP contribution < -0.4 is 21.8 Å². The van der Waals surface area contributed by atoms with Gasteiger partial charge in [0.1, 0.15) is 23.0 Å². The molecule has 3 heterocycles. The molecule has 0 saturated carbocycles. The highest BCUT2D eigenvalue weighted by atomic mass is 16.6. The first-order chi connectivity index (χ1) is 16.3. The molecule has 34 heavy (non-hydrogen) atoms. The van der Waals surface area contributed by atoms with Gasteiger partial charge in [0.2, 0.25) is 0 Å². The van der Waals surface area contributed by atoms with Crippen LogP contribution in [0.4, 0.5) is 0 Å². The predicted molar refractivity (Wildman–Crippen MR) is 116 cm³/mol. The minimum atomic E-state index is -1.17. The minimum absolute atomic E-state index is 0.0371. The monoisotopic (exact) mass is 461 g/mol. The summed E-state index contributed by atoms with van der Waals surface area (Å²) in [7, 11) is 0. The lowest BCUT2D eigenvalue weighted by molar-refractivity contribution is 0.0224. The first-order valence-corrected chi connectivity index (χ1v) is 9.88. The fraction of sp³-hybridized carbons (Fsp3) is 0.0435. The van der Waals surface area contributed by atoms with Crippen LogP contribution in [0, 0.1) is 0 Å². The third-order valence-electron chi connectivity index (χ3n) is 5.36. The van der Waals surface area contributed by atoms with E-state index >= 15 is 0 Å². The Labute approximate surface area is 188 Å². The molecule has 2 aliphatic heterocycles. The highest BCUT2D eigenvalue weighted by molar-refractivity contribution is 5.97. The van der Waals surface area contributed by atoms with Gasteiger partial charge in [-0.3, -0.25) is 15.0 Å². The van der Waals surface area contributed by atoms with Gasteiger partial charge in [0.05, 0.1) is 5.56 Å². The van der Waals surface area contributed by atoms with Gasteiger partial charge in [-0.2, -0.15) is 0 Å². The van der Waals surface area contributed by atoms with E-state index in [1.165, 1.54) is 24.3 Å². The molecule has 0 fully saturated rings. The number of benzene rings is 3. The van der Waals surface area contributed by atoms with E-state index in [-0.39, 0.29) is 11.5 Å². The lowest BCUT2D eigenvalue weighted by Gasteiger charge is -2.36. The van der Waals surface area contributed by atoms with E-state index in [9.17, 15) is 29.4 Å². The molecule has 0 aliphatic carbocycles. The van der Waals surface area contributed by atoms with E-state index in [1.807, 2.05) is 12.1 Å². The summed E-state index contributed by atoms with van der Waals surface area (Å²) in [5.74, 6) is 0.408. The molecule has 0 amide bonds. The molecule has 11 nitrogen and oxygen atoms in total. The molecule has 0 atom stereocenters. The number of hydrogen-bond donors (Lipinski definition) is 5. The number of nitrogens with one attached hydrogen (secondary N) is 3. The average Bonchev–Trinajstić information content (AvgIpc) is 3.06. The van der Waals surface area contributed by atoms with E-state index in [0.717, 1.165) is 0 Å². The number of aromatic hydroxyl groups is 2. The maximum atomic E-state index is 12.5. The van der Waals surface area contributed by atoms with E-state index in [4.69, 9.17) is 9.47 Å². The van der Waals surface area contributed by atoms with Crippen molar-refractivity contribution in [1.82, 2.24) is 15.0 Å². The van der Waals surface area contributed by atoms with Crippen molar-refractivity contribution in [3.63, 3.8) is 0 Å². The maximum absolute atomic E-state index is 12.5. The molecule has 0 bridgehead atoms. The Bertz CT molecular complexity index is 1500. The van der Waals surface area contributed by atoms with Gasteiger partial charge in [-0.25, -0.2) is 19.2 Å². The third kappa shape index (κ3) is 3.23. The molecule has 3 aromatic carbocycles. The number of rotatable bonds is 0. The molecule has 11 heteroatoms. The Balaban J connectivity index is 0.000000227. The lowest BCUT2D eigenvalue weighted by Crippen LogP contribution is -2.34. The second kappa shape index (κ2) is 7.52. The van der Waals surface area contributed by atoms with Crippen molar-refractivity contribution in [3.05, 3.63) is 114 Å². The number of esters is 1. The van der Waals surface area contributed by atoms with Crippen molar-refractivity contribution in [2.75, 3.05) is 0 Å². The summed E-state index contributed by atoms with van der Waals surface area (Å²) >= 11 is 0. The second-order valence-electron chi connectivity index (χ2n) is 7.44.